The molecule has 2 unspecified atom stereocenters. The van der Waals surface area contributed by atoms with Gasteiger partial charge in [-0.2, -0.15) is 0 Å². The van der Waals surface area contributed by atoms with E-state index in [0.717, 1.165) is 47.1 Å². The third-order valence-corrected chi connectivity index (χ3v) is 12.0. The third kappa shape index (κ3) is 10.1. The van der Waals surface area contributed by atoms with E-state index < -0.39 is 41.8 Å². The van der Waals surface area contributed by atoms with Gasteiger partial charge in [0.15, 0.2) is 0 Å². The molecule has 0 spiro atoms. The Morgan fingerprint density at radius 1 is 0.912 bits per heavy atom. The molecule has 3 aromatic rings. The van der Waals surface area contributed by atoms with E-state index in [1.54, 1.807) is 32.6 Å². The lowest BCUT2D eigenvalue weighted by molar-refractivity contribution is -0.142. The summed E-state index contributed by atoms with van der Waals surface area (Å²) in [5.74, 6) is -0.413. The van der Waals surface area contributed by atoms with E-state index in [2.05, 4.69) is 52.3 Å². The number of benzene rings is 3. The quantitative estimate of drug-likeness (QED) is 0.166. The van der Waals surface area contributed by atoms with Crippen molar-refractivity contribution in [2.45, 2.75) is 102 Å². The van der Waals surface area contributed by atoms with Gasteiger partial charge < -0.3 is 30.3 Å². The van der Waals surface area contributed by atoms with Gasteiger partial charge in [0.25, 0.3) is 0 Å². The van der Waals surface area contributed by atoms with Crippen LogP contribution in [-0.2, 0) is 30.3 Å². The Kier molecular flexibility index (Phi) is 13.5. The van der Waals surface area contributed by atoms with Crippen molar-refractivity contribution >= 4 is 41.7 Å². The summed E-state index contributed by atoms with van der Waals surface area (Å²) in [5, 5.41) is 8.92. The molecule has 0 radical (unpaired) electrons. The minimum absolute atomic E-state index is 0.0524. The number of amides is 5. The molecule has 6 rings (SSSR count). The predicted octanol–water partition coefficient (Wildman–Crippen LogP) is 6.53. The monoisotopic (exact) mass is 797 g/mol. The maximum absolute atomic E-state index is 14.3. The lowest BCUT2D eigenvalue weighted by atomic mass is 9.87. The molecular formula is C44H55N5O7S. The number of nitrogens with one attached hydrogen (secondary N) is 3. The summed E-state index contributed by atoms with van der Waals surface area (Å²) < 4.78 is 11.1. The number of alkyl carbamates (subject to hydrolysis) is 1. The molecule has 12 nitrogen and oxygen atoms in total. The fraction of sp³-hybridized carbons (Fsp3) is 0.477. The molecule has 4 atom stereocenters. The normalized spacial score (nSPS) is 18.3. The standard InChI is InChI=1S/C44H55N5O7S/c1-28(48(5)43(54)56-44(2,3)4)39(50)47-37(41(52)49-27-57-26-38(49)40(51)46-36-23-14-16-29-15-6-7-17-30(29)36)22-12-13-24-45-42(53)55-25-35-33-20-10-8-18-31(33)32-19-9-11-21-34(32)35/h6-11,15,17-21,28,35-38H,12-14,16,22-27H2,1-5H3,(H,45,53)(H,46,51)(H,47,50)/t28?,36-,37-,38?/m0/s1. The number of unbranched alkanes of at least 4 members (excludes halogenated alkanes) is 1. The van der Waals surface area contributed by atoms with Crippen LogP contribution in [0.3, 0.4) is 0 Å². The number of likely N-dealkylation sites (N-methyl/N-ethyl adjacent to an activating group) is 1. The molecule has 1 saturated heterocycles. The van der Waals surface area contributed by atoms with Crippen molar-refractivity contribution in [3.8, 4) is 11.1 Å². The summed E-state index contributed by atoms with van der Waals surface area (Å²) in [6.45, 7) is 7.31. The van der Waals surface area contributed by atoms with Crippen LogP contribution in [0.2, 0.25) is 0 Å². The number of rotatable bonds is 13. The Bertz CT molecular complexity index is 1900. The molecule has 0 saturated carbocycles. The second kappa shape index (κ2) is 18.5. The maximum atomic E-state index is 14.3. The van der Waals surface area contributed by atoms with E-state index in [9.17, 15) is 24.0 Å². The molecule has 3 N–H and O–H groups in total. The van der Waals surface area contributed by atoms with E-state index in [4.69, 9.17) is 9.47 Å². The van der Waals surface area contributed by atoms with Gasteiger partial charge in [0.1, 0.15) is 30.3 Å². The van der Waals surface area contributed by atoms with Crippen LogP contribution in [0.1, 0.15) is 94.0 Å². The molecule has 0 aromatic heterocycles. The maximum Gasteiger partial charge on any atom is 0.410 e. The van der Waals surface area contributed by atoms with Crippen molar-refractivity contribution in [2.24, 2.45) is 0 Å². The number of carbonyl (C=O) groups is 5. The topological polar surface area (TPSA) is 146 Å². The first-order valence-corrected chi connectivity index (χ1v) is 21.1. The van der Waals surface area contributed by atoms with E-state index in [1.807, 2.05) is 36.4 Å². The molecule has 13 heteroatoms. The predicted molar refractivity (Wildman–Crippen MR) is 221 cm³/mol. The Morgan fingerprint density at radius 3 is 2.25 bits per heavy atom. The fourth-order valence-corrected chi connectivity index (χ4v) is 8.94. The van der Waals surface area contributed by atoms with Crippen LogP contribution in [0.5, 0.6) is 0 Å². The second-order valence-electron chi connectivity index (χ2n) is 16.1. The van der Waals surface area contributed by atoms with Crippen LogP contribution in [0.4, 0.5) is 9.59 Å². The first-order chi connectivity index (χ1) is 27.3. The van der Waals surface area contributed by atoms with Crippen LogP contribution in [0.25, 0.3) is 11.1 Å². The summed E-state index contributed by atoms with van der Waals surface area (Å²) in [6.07, 6.45) is 2.81. The van der Waals surface area contributed by atoms with Gasteiger partial charge in [0.05, 0.1) is 11.9 Å². The smallest absolute Gasteiger partial charge is 0.410 e. The molecule has 1 fully saturated rings. The van der Waals surface area contributed by atoms with Crippen molar-refractivity contribution in [1.82, 2.24) is 25.8 Å². The number of ether oxygens (including phenoxy) is 2. The number of hydrogen-bond acceptors (Lipinski definition) is 8. The zero-order chi connectivity index (χ0) is 40.7. The van der Waals surface area contributed by atoms with Crippen molar-refractivity contribution in [1.29, 1.82) is 0 Å². The Labute approximate surface area is 339 Å². The Balaban J connectivity index is 1.06. The molecule has 3 aromatic carbocycles. The third-order valence-electron chi connectivity index (χ3n) is 10.9. The summed E-state index contributed by atoms with van der Waals surface area (Å²) >= 11 is 1.49. The molecule has 0 bridgehead atoms. The molecule has 3 aliphatic rings. The van der Waals surface area contributed by atoms with Gasteiger partial charge in [-0.25, -0.2) is 9.59 Å². The van der Waals surface area contributed by atoms with Gasteiger partial charge in [-0.05, 0) is 99.6 Å². The highest BCUT2D eigenvalue weighted by molar-refractivity contribution is 7.99. The molecule has 304 valence electrons. The molecule has 1 heterocycles. The highest BCUT2D eigenvalue weighted by Crippen LogP contribution is 2.44. The van der Waals surface area contributed by atoms with Gasteiger partial charge in [-0.15, -0.1) is 11.8 Å². The number of hydrogen-bond donors (Lipinski definition) is 3. The molecular weight excluding hydrogens is 743 g/mol. The average Bonchev–Trinajstić information content (AvgIpc) is 3.82. The molecule has 57 heavy (non-hydrogen) atoms. The Hall–Kier alpha value is -5.04. The lowest BCUT2D eigenvalue weighted by Crippen LogP contribution is -2.57. The van der Waals surface area contributed by atoms with Crippen molar-refractivity contribution in [2.75, 3.05) is 31.8 Å². The first-order valence-electron chi connectivity index (χ1n) is 19.9. The minimum Gasteiger partial charge on any atom is -0.449 e. The number of nitrogens with zero attached hydrogens (tertiary/aromatic N) is 2. The van der Waals surface area contributed by atoms with Crippen LogP contribution in [-0.4, -0.2) is 95.3 Å². The van der Waals surface area contributed by atoms with Gasteiger partial charge >= 0.3 is 12.2 Å². The second-order valence-corrected chi connectivity index (χ2v) is 17.1. The number of thioether (sulfide) groups is 1. The van der Waals surface area contributed by atoms with E-state index >= 15 is 0 Å². The molecule has 2 aliphatic carbocycles. The zero-order valence-electron chi connectivity index (χ0n) is 33.5. The highest BCUT2D eigenvalue weighted by Gasteiger charge is 2.40. The van der Waals surface area contributed by atoms with Gasteiger partial charge in [0.2, 0.25) is 17.7 Å². The SMILES string of the molecule is CC(C(=O)N[C@@H](CCCCNC(=O)OCC1c2ccccc2-c2ccccc21)C(=O)N1CSCC1C(=O)N[C@H]1CCCc2ccccc21)N(C)C(=O)OC(C)(C)C. The highest BCUT2D eigenvalue weighted by atomic mass is 32.2. The number of carbonyl (C=O) groups excluding carboxylic acids is 5. The van der Waals surface area contributed by atoms with Crippen LogP contribution < -0.4 is 16.0 Å². The molecule has 5 amide bonds. The van der Waals surface area contributed by atoms with Gasteiger partial charge in [-0.1, -0.05) is 72.8 Å². The average molecular weight is 798 g/mol. The van der Waals surface area contributed by atoms with Crippen LogP contribution in [0, 0.1) is 0 Å². The van der Waals surface area contributed by atoms with Gasteiger partial charge in [-0.3, -0.25) is 19.3 Å². The van der Waals surface area contributed by atoms with Gasteiger partial charge in [0, 0.05) is 25.3 Å². The molecule has 1 aliphatic heterocycles. The van der Waals surface area contributed by atoms with Crippen molar-refractivity contribution in [3.05, 3.63) is 95.1 Å². The number of fused-ring (bicyclic) bond motifs is 4. The van der Waals surface area contributed by atoms with E-state index in [0.29, 0.717) is 31.0 Å². The minimum atomic E-state index is -0.967. The zero-order valence-corrected chi connectivity index (χ0v) is 34.4. The van der Waals surface area contributed by atoms with Crippen molar-refractivity contribution in [3.63, 3.8) is 0 Å². The fourth-order valence-electron chi connectivity index (χ4n) is 7.78. The summed E-state index contributed by atoms with van der Waals surface area (Å²) in [5.41, 5.74) is 6.15. The van der Waals surface area contributed by atoms with Crippen LogP contribution >= 0.6 is 11.8 Å². The summed E-state index contributed by atoms with van der Waals surface area (Å²) in [4.78, 5) is 70.0. The largest absolute Gasteiger partial charge is 0.449 e. The van der Waals surface area contributed by atoms with Crippen molar-refractivity contribution < 1.29 is 33.4 Å². The lowest BCUT2D eigenvalue weighted by Gasteiger charge is -2.32. The first kappa shape index (κ1) is 41.6. The van der Waals surface area contributed by atoms with Crippen LogP contribution in [0.15, 0.2) is 72.8 Å². The summed E-state index contributed by atoms with van der Waals surface area (Å²) in [7, 11) is 1.48. The number of aryl methyl sites for hydroxylation is 1. The Morgan fingerprint density at radius 2 is 1.56 bits per heavy atom. The van der Waals surface area contributed by atoms with E-state index in [-0.39, 0.29) is 36.8 Å². The van der Waals surface area contributed by atoms with E-state index in [1.165, 1.54) is 29.3 Å². The summed E-state index contributed by atoms with van der Waals surface area (Å²) in [6, 6.07) is 21.7.